The van der Waals surface area contributed by atoms with Crippen LogP contribution < -0.4 is 9.47 Å². The second-order valence-corrected chi connectivity index (χ2v) is 10.5. The third-order valence-electron chi connectivity index (χ3n) is 7.13. The van der Waals surface area contributed by atoms with Gasteiger partial charge in [0, 0.05) is 24.7 Å². The standard InChI is InChI=1S/C31H41NO6/c1-20(2)5-8-24(13-21-6-9-26(33)30(16-21)37-3)28(35)18-29(36)25(15-23-11-12-32-19-23)14-22-7-10-27(34)31(17-22)38-4/h6-7,9-12,16-17,19-20,24-25,29,32-34,36H,5,8,13-15,18H2,1-4H3/t24-,25-,29-/m1/s1. The predicted molar refractivity (Wildman–Crippen MR) is 148 cm³/mol. The molecule has 3 rings (SSSR count). The number of rotatable bonds is 15. The van der Waals surface area contributed by atoms with Crippen molar-refractivity contribution in [3.8, 4) is 23.0 Å². The Kier molecular flexibility index (Phi) is 10.7. The maximum Gasteiger partial charge on any atom is 0.160 e. The number of aromatic hydroxyl groups is 2. The molecule has 0 aliphatic carbocycles. The topological polar surface area (TPSA) is 112 Å². The van der Waals surface area contributed by atoms with E-state index in [9.17, 15) is 20.1 Å². The molecule has 1 heterocycles. The summed E-state index contributed by atoms with van der Waals surface area (Å²) < 4.78 is 10.5. The third kappa shape index (κ3) is 8.28. The summed E-state index contributed by atoms with van der Waals surface area (Å²) in [6.45, 7) is 4.28. The number of benzene rings is 2. The SMILES string of the molecule is COc1cc(C[C@@H](CCC(C)C)C(=O)C[C@@H](O)[C@@H](Cc2cc[nH]c2)Cc2ccc(O)c(OC)c2)ccc1O. The first kappa shape index (κ1) is 29.1. The number of H-pyrrole nitrogens is 1. The molecule has 3 aromatic rings. The van der Waals surface area contributed by atoms with E-state index in [2.05, 4.69) is 18.8 Å². The van der Waals surface area contributed by atoms with Crippen LogP contribution in [0.1, 0.15) is 49.8 Å². The van der Waals surface area contributed by atoms with Crippen LogP contribution in [0.2, 0.25) is 0 Å². The maximum atomic E-state index is 13.6. The van der Waals surface area contributed by atoms with E-state index in [0.717, 1.165) is 29.5 Å². The number of methoxy groups -OCH3 is 2. The smallest absolute Gasteiger partial charge is 0.160 e. The number of hydrogen-bond donors (Lipinski definition) is 4. The van der Waals surface area contributed by atoms with Crippen LogP contribution in [-0.4, -0.2) is 46.4 Å². The first-order valence-electron chi connectivity index (χ1n) is 13.2. The first-order chi connectivity index (χ1) is 18.2. The summed E-state index contributed by atoms with van der Waals surface area (Å²) >= 11 is 0. The van der Waals surface area contributed by atoms with Crippen LogP contribution in [-0.2, 0) is 24.1 Å². The molecule has 0 aliphatic heterocycles. The molecule has 0 bridgehead atoms. The van der Waals surface area contributed by atoms with Crippen LogP contribution in [0.15, 0.2) is 54.9 Å². The van der Waals surface area contributed by atoms with E-state index in [4.69, 9.17) is 9.47 Å². The number of ketones is 1. The van der Waals surface area contributed by atoms with Gasteiger partial charge in [0.15, 0.2) is 23.0 Å². The molecule has 2 aromatic carbocycles. The van der Waals surface area contributed by atoms with Gasteiger partial charge >= 0.3 is 0 Å². The number of Topliss-reactive ketones (excluding diaryl/α,β-unsaturated/α-hetero) is 1. The fourth-order valence-corrected chi connectivity index (χ4v) is 4.87. The number of nitrogens with one attached hydrogen (secondary N) is 1. The van der Waals surface area contributed by atoms with Gasteiger partial charge in [-0.3, -0.25) is 4.79 Å². The Hall–Kier alpha value is -3.45. The largest absolute Gasteiger partial charge is 0.504 e. The number of phenolic OH excluding ortho intramolecular Hbond substituents is 2. The summed E-state index contributed by atoms with van der Waals surface area (Å²) in [7, 11) is 3.01. The Morgan fingerprint density at radius 1 is 0.842 bits per heavy atom. The van der Waals surface area contributed by atoms with Gasteiger partial charge in [0.1, 0.15) is 5.78 Å². The van der Waals surface area contributed by atoms with Crippen LogP contribution in [0, 0.1) is 17.8 Å². The molecule has 0 amide bonds. The Bertz CT molecular complexity index is 1160. The van der Waals surface area contributed by atoms with Crippen molar-refractivity contribution in [3.05, 3.63) is 71.5 Å². The lowest BCUT2D eigenvalue weighted by Crippen LogP contribution is -2.30. The van der Waals surface area contributed by atoms with Gasteiger partial charge in [-0.1, -0.05) is 32.4 Å². The normalized spacial score (nSPS) is 13.7. The van der Waals surface area contributed by atoms with Crippen molar-refractivity contribution in [2.24, 2.45) is 17.8 Å². The molecule has 38 heavy (non-hydrogen) atoms. The monoisotopic (exact) mass is 523 g/mol. The Morgan fingerprint density at radius 3 is 1.95 bits per heavy atom. The molecule has 0 unspecified atom stereocenters. The van der Waals surface area contributed by atoms with Crippen molar-refractivity contribution in [1.82, 2.24) is 4.98 Å². The molecule has 4 N–H and O–H groups in total. The van der Waals surface area contributed by atoms with E-state index in [1.54, 1.807) is 24.3 Å². The minimum atomic E-state index is -0.840. The van der Waals surface area contributed by atoms with Gasteiger partial charge in [-0.15, -0.1) is 0 Å². The molecule has 0 saturated carbocycles. The van der Waals surface area contributed by atoms with Crippen LogP contribution in [0.4, 0.5) is 0 Å². The molecule has 7 nitrogen and oxygen atoms in total. The minimum absolute atomic E-state index is 0.0348. The zero-order valence-electron chi connectivity index (χ0n) is 22.8. The molecule has 1 aromatic heterocycles. The molecule has 0 spiro atoms. The second-order valence-electron chi connectivity index (χ2n) is 10.5. The molecule has 0 fully saturated rings. The van der Waals surface area contributed by atoms with E-state index >= 15 is 0 Å². The number of aromatic amines is 1. The number of carbonyl (C=O) groups is 1. The summed E-state index contributed by atoms with van der Waals surface area (Å²) in [5.41, 5.74) is 2.88. The van der Waals surface area contributed by atoms with Gasteiger partial charge in [-0.05, 0) is 84.5 Å². The second kappa shape index (κ2) is 13.9. The summed E-state index contributed by atoms with van der Waals surface area (Å²) in [4.78, 5) is 16.7. The van der Waals surface area contributed by atoms with Crippen LogP contribution >= 0.6 is 0 Å². The number of aromatic nitrogens is 1. The van der Waals surface area contributed by atoms with Crippen LogP contribution in [0.25, 0.3) is 0 Å². The Balaban J connectivity index is 1.78. The maximum absolute atomic E-state index is 13.6. The molecule has 206 valence electrons. The van der Waals surface area contributed by atoms with Crippen LogP contribution in [0.3, 0.4) is 0 Å². The van der Waals surface area contributed by atoms with Crippen molar-refractivity contribution >= 4 is 5.78 Å². The predicted octanol–water partition coefficient (Wildman–Crippen LogP) is 5.46. The first-order valence-corrected chi connectivity index (χ1v) is 13.2. The zero-order valence-corrected chi connectivity index (χ0v) is 22.8. The van der Waals surface area contributed by atoms with Crippen molar-refractivity contribution in [2.75, 3.05) is 14.2 Å². The number of hydrogen-bond acceptors (Lipinski definition) is 6. The molecule has 0 saturated heterocycles. The van der Waals surface area contributed by atoms with E-state index in [0.29, 0.717) is 36.7 Å². The molecular formula is C31H41NO6. The van der Waals surface area contributed by atoms with Crippen molar-refractivity contribution in [2.45, 2.75) is 58.5 Å². The number of aliphatic hydroxyl groups excluding tert-OH is 1. The van der Waals surface area contributed by atoms with Gasteiger partial charge in [0.2, 0.25) is 0 Å². The fourth-order valence-electron chi connectivity index (χ4n) is 4.87. The molecule has 0 aliphatic rings. The van der Waals surface area contributed by atoms with Crippen molar-refractivity contribution in [3.63, 3.8) is 0 Å². The number of phenols is 2. The summed E-state index contributed by atoms with van der Waals surface area (Å²) in [6.07, 6.45) is 6.26. The summed E-state index contributed by atoms with van der Waals surface area (Å²) in [6, 6.07) is 12.3. The highest BCUT2D eigenvalue weighted by Gasteiger charge is 2.28. The van der Waals surface area contributed by atoms with Gasteiger partial charge in [-0.25, -0.2) is 0 Å². The molecular weight excluding hydrogens is 482 g/mol. The zero-order chi connectivity index (χ0) is 27.7. The highest BCUT2D eigenvalue weighted by Crippen LogP contribution is 2.31. The van der Waals surface area contributed by atoms with Gasteiger partial charge in [-0.2, -0.15) is 0 Å². The lowest BCUT2D eigenvalue weighted by molar-refractivity contribution is -0.125. The minimum Gasteiger partial charge on any atom is -0.504 e. The summed E-state index contributed by atoms with van der Waals surface area (Å²) in [5.74, 6) is 0.928. The molecule has 7 heteroatoms. The lowest BCUT2D eigenvalue weighted by Gasteiger charge is -2.25. The van der Waals surface area contributed by atoms with E-state index in [1.807, 2.05) is 30.6 Å². The van der Waals surface area contributed by atoms with Gasteiger partial charge in [0.25, 0.3) is 0 Å². The quantitative estimate of drug-likeness (QED) is 0.210. The molecule has 3 atom stereocenters. The van der Waals surface area contributed by atoms with Gasteiger partial charge in [0.05, 0.1) is 20.3 Å². The third-order valence-corrected chi connectivity index (χ3v) is 7.13. The van der Waals surface area contributed by atoms with E-state index < -0.39 is 6.10 Å². The molecule has 0 radical (unpaired) electrons. The van der Waals surface area contributed by atoms with Crippen molar-refractivity contribution < 1.29 is 29.6 Å². The number of aliphatic hydroxyl groups is 1. The average molecular weight is 524 g/mol. The highest BCUT2D eigenvalue weighted by molar-refractivity contribution is 5.81. The van der Waals surface area contributed by atoms with Gasteiger partial charge < -0.3 is 29.8 Å². The van der Waals surface area contributed by atoms with E-state index in [1.165, 1.54) is 14.2 Å². The average Bonchev–Trinajstić information content (AvgIpc) is 3.41. The summed E-state index contributed by atoms with van der Waals surface area (Å²) in [5, 5.41) is 31.3. The highest BCUT2D eigenvalue weighted by atomic mass is 16.5. The number of ether oxygens (including phenoxy) is 2. The Labute approximate surface area is 225 Å². The Morgan fingerprint density at radius 2 is 1.42 bits per heavy atom. The van der Waals surface area contributed by atoms with Crippen molar-refractivity contribution in [1.29, 1.82) is 0 Å². The number of carbonyl (C=O) groups excluding carboxylic acids is 1. The van der Waals surface area contributed by atoms with E-state index in [-0.39, 0.29) is 35.5 Å². The lowest BCUT2D eigenvalue weighted by atomic mass is 9.82. The van der Waals surface area contributed by atoms with Crippen LogP contribution in [0.5, 0.6) is 23.0 Å². The fraction of sp³-hybridized carbons (Fsp3) is 0.452.